The highest BCUT2D eigenvalue weighted by atomic mass is 16.5. The molecule has 7 heteroatoms. The summed E-state index contributed by atoms with van der Waals surface area (Å²) in [5.74, 6) is 0.445. The number of aliphatic hydroxyl groups excluding tert-OH is 1. The minimum atomic E-state index is -0.0970. The van der Waals surface area contributed by atoms with Crippen LogP contribution in [-0.2, 0) is 4.74 Å². The summed E-state index contributed by atoms with van der Waals surface area (Å²) in [6.45, 7) is 5.11. The highest BCUT2D eigenvalue weighted by Gasteiger charge is 2.48. The Morgan fingerprint density at radius 3 is 2.71 bits per heavy atom. The first-order chi connectivity index (χ1) is 11.7. The van der Waals surface area contributed by atoms with E-state index in [0.29, 0.717) is 19.7 Å². The van der Waals surface area contributed by atoms with Crippen LogP contribution >= 0.6 is 0 Å². The lowest BCUT2D eigenvalue weighted by atomic mass is 9.71. The molecule has 0 radical (unpaired) electrons. The van der Waals surface area contributed by atoms with Gasteiger partial charge in [-0.2, -0.15) is 0 Å². The number of amides is 1. The summed E-state index contributed by atoms with van der Waals surface area (Å²) in [7, 11) is 1.71. The lowest BCUT2D eigenvalue weighted by molar-refractivity contribution is 0.0390. The molecule has 7 nitrogen and oxygen atoms in total. The molecule has 0 aliphatic carbocycles. The molecule has 0 bridgehead atoms. The van der Waals surface area contributed by atoms with E-state index < -0.39 is 0 Å². The molecule has 2 aliphatic heterocycles. The van der Waals surface area contributed by atoms with Crippen molar-refractivity contribution in [2.75, 3.05) is 53.0 Å². The van der Waals surface area contributed by atoms with Crippen molar-refractivity contribution < 1.29 is 14.6 Å². The van der Waals surface area contributed by atoms with Gasteiger partial charge >= 0.3 is 0 Å². The lowest BCUT2D eigenvalue weighted by Gasteiger charge is -2.42. The summed E-state index contributed by atoms with van der Waals surface area (Å²) in [6, 6.07) is 1.71. The van der Waals surface area contributed by atoms with Crippen LogP contribution in [0.1, 0.15) is 23.5 Å². The van der Waals surface area contributed by atoms with Gasteiger partial charge in [0.1, 0.15) is 0 Å². The van der Waals surface area contributed by atoms with Crippen molar-refractivity contribution in [3.63, 3.8) is 0 Å². The van der Waals surface area contributed by atoms with Gasteiger partial charge in [-0.3, -0.25) is 4.79 Å². The first-order valence-corrected chi connectivity index (χ1v) is 8.57. The topological polar surface area (TPSA) is 78.8 Å². The molecule has 1 spiro atoms. The number of ether oxygens (including phenoxy) is 1. The molecule has 2 aliphatic rings. The van der Waals surface area contributed by atoms with Crippen molar-refractivity contribution in [2.45, 2.75) is 12.8 Å². The third kappa shape index (κ3) is 3.43. The van der Waals surface area contributed by atoms with Crippen LogP contribution in [0.5, 0.6) is 0 Å². The van der Waals surface area contributed by atoms with Crippen molar-refractivity contribution in [3.8, 4) is 0 Å². The van der Waals surface area contributed by atoms with Crippen molar-refractivity contribution in [3.05, 3.63) is 24.3 Å². The number of hydrogen-bond acceptors (Lipinski definition) is 6. The second-order valence-electron chi connectivity index (χ2n) is 6.83. The second-order valence-corrected chi connectivity index (χ2v) is 6.83. The number of hydrogen-bond donors (Lipinski definition) is 1. The molecule has 2 fully saturated rings. The summed E-state index contributed by atoms with van der Waals surface area (Å²) < 4.78 is 5.17. The summed E-state index contributed by atoms with van der Waals surface area (Å²) in [5, 5.41) is 9.82. The van der Waals surface area contributed by atoms with Crippen LogP contribution in [0, 0.1) is 11.3 Å². The number of aromatic nitrogens is 2. The quantitative estimate of drug-likeness (QED) is 0.833. The third-order valence-corrected chi connectivity index (χ3v) is 5.52. The summed E-state index contributed by atoms with van der Waals surface area (Å²) in [6.07, 6.45) is 5.02. The van der Waals surface area contributed by atoms with Gasteiger partial charge < -0.3 is 19.6 Å². The first kappa shape index (κ1) is 17.3. The van der Waals surface area contributed by atoms with Crippen molar-refractivity contribution in [1.82, 2.24) is 19.8 Å². The van der Waals surface area contributed by atoms with Gasteiger partial charge in [-0.25, -0.2) is 9.97 Å². The highest BCUT2D eigenvalue weighted by Crippen LogP contribution is 2.44. The van der Waals surface area contributed by atoms with Crippen molar-refractivity contribution in [1.29, 1.82) is 0 Å². The Morgan fingerprint density at radius 1 is 1.38 bits per heavy atom. The van der Waals surface area contributed by atoms with Crippen LogP contribution in [0.3, 0.4) is 0 Å². The Labute approximate surface area is 142 Å². The minimum absolute atomic E-state index is 0.0970. The maximum absolute atomic E-state index is 12.5. The van der Waals surface area contributed by atoms with E-state index in [1.807, 2.05) is 4.90 Å². The van der Waals surface area contributed by atoms with E-state index in [4.69, 9.17) is 4.74 Å². The third-order valence-electron chi connectivity index (χ3n) is 5.52. The van der Waals surface area contributed by atoms with Gasteiger partial charge in [-0.1, -0.05) is 0 Å². The molecule has 1 N–H and O–H groups in total. The molecule has 0 aromatic carbocycles. The normalized spacial score (nSPS) is 23.8. The smallest absolute Gasteiger partial charge is 0.291 e. The number of aliphatic hydroxyl groups is 1. The molecule has 1 unspecified atom stereocenters. The highest BCUT2D eigenvalue weighted by molar-refractivity contribution is 5.90. The Bertz CT molecular complexity index is 546. The zero-order valence-electron chi connectivity index (χ0n) is 14.2. The first-order valence-electron chi connectivity index (χ1n) is 8.57. The summed E-state index contributed by atoms with van der Waals surface area (Å²) >= 11 is 0. The van der Waals surface area contributed by atoms with Crippen LogP contribution in [0.2, 0.25) is 0 Å². The fourth-order valence-corrected chi connectivity index (χ4v) is 4.06. The number of carbonyl (C=O) groups excluding carboxylic acids is 1. The number of piperidine rings is 1. The number of nitrogens with zero attached hydrogens (tertiary/aromatic N) is 4. The predicted molar refractivity (Wildman–Crippen MR) is 88.5 cm³/mol. The van der Waals surface area contributed by atoms with E-state index in [-0.39, 0.29) is 29.7 Å². The second kappa shape index (κ2) is 7.55. The average Bonchev–Trinajstić information content (AvgIpc) is 2.98. The van der Waals surface area contributed by atoms with Crippen LogP contribution in [0.15, 0.2) is 18.5 Å². The van der Waals surface area contributed by atoms with Crippen LogP contribution in [-0.4, -0.2) is 83.8 Å². The summed E-state index contributed by atoms with van der Waals surface area (Å²) in [5.41, 5.74) is 0.108. The Balaban J connectivity index is 1.62. The number of likely N-dealkylation sites (tertiary alicyclic amines) is 2. The molecule has 2 saturated heterocycles. The lowest BCUT2D eigenvalue weighted by Crippen LogP contribution is -2.47. The zero-order chi connectivity index (χ0) is 17.0. The molecular weight excluding hydrogens is 308 g/mol. The molecule has 132 valence electrons. The van der Waals surface area contributed by atoms with Gasteiger partial charge in [0.2, 0.25) is 5.82 Å². The molecular formula is C17H26N4O3. The van der Waals surface area contributed by atoms with Gasteiger partial charge in [-0.15, -0.1) is 0 Å². The Hall–Kier alpha value is -1.57. The maximum Gasteiger partial charge on any atom is 0.291 e. The van der Waals surface area contributed by atoms with E-state index in [9.17, 15) is 9.90 Å². The molecule has 24 heavy (non-hydrogen) atoms. The molecule has 1 aromatic rings. The van der Waals surface area contributed by atoms with Gasteiger partial charge in [0, 0.05) is 64.8 Å². The van der Waals surface area contributed by atoms with Crippen molar-refractivity contribution >= 4 is 5.91 Å². The number of carbonyl (C=O) groups is 1. The molecule has 1 amide bonds. The van der Waals surface area contributed by atoms with Gasteiger partial charge in [-0.05, 0) is 24.3 Å². The number of rotatable bonds is 5. The molecule has 1 atom stereocenters. The van der Waals surface area contributed by atoms with E-state index in [2.05, 4.69) is 14.9 Å². The SMILES string of the molecule is COCCN1CC(CO)C2(CCN(C(=O)c3ncccn3)CC2)C1. The monoisotopic (exact) mass is 334 g/mol. The van der Waals surface area contributed by atoms with E-state index in [0.717, 1.165) is 32.5 Å². The van der Waals surface area contributed by atoms with Gasteiger partial charge in [0.25, 0.3) is 5.91 Å². The van der Waals surface area contributed by atoms with Crippen LogP contribution in [0.4, 0.5) is 0 Å². The molecule has 3 heterocycles. The molecule has 0 saturated carbocycles. The minimum Gasteiger partial charge on any atom is -0.396 e. The zero-order valence-corrected chi connectivity index (χ0v) is 14.2. The molecule has 1 aromatic heterocycles. The molecule has 3 rings (SSSR count). The number of methoxy groups -OCH3 is 1. The van der Waals surface area contributed by atoms with Gasteiger partial charge in [0.05, 0.1) is 6.61 Å². The van der Waals surface area contributed by atoms with Crippen LogP contribution in [0.25, 0.3) is 0 Å². The predicted octanol–water partition coefficient (Wildman–Crippen LogP) is 0.270. The largest absolute Gasteiger partial charge is 0.396 e. The fraction of sp³-hybridized carbons (Fsp3) is 0.706. The summed E-state index contributed by atoms with van der Waals surface area (Å²) in [4.78, 5) is 24.8. The average molecular weight is 334 g/mol. The van der Waals surface area contributed by atoms with E-state index >= 15 is 0 Å². The van der Waals surface area contributed by atoms with E-state index in [1.165, 1.54) is 0 Å². The Morgan fingerprint density at radius 2 is 2.08 bits per heavy atom. The fourth-order valence-electron chi connectivity index (χ4n) is 4.06. The van der Waals surface area contributed by atoms with Crippen molar-refractivity contribution in [2.24, 2.45) is 11.3 Å². The maximum atomic E-state index is 12.5. The standard InChI is InChI=1S/C17H26N4O3/c1-24-10-9-20-11-14(12-22)17(13-20)3-7-21(8-4-17)16(23)15-18-5-2-6-19-15/h2,5-6,14,22H,3-4,7-13H2,1H3. The van der Waals surface area contributed by atoms with Crippen LogP contribution < -0.4 is 0 Å². The van der Waals surface area contributed by atoms with Gasteiger partial charge in [0.15, 0.2) is 0 Å². The Kier molecular flexibility index (Phi) is 5.43. The van der Waals surface area contributed by atoms with E-state index in [1.54, 1.807) is 25.6 Å².